The number of carboxylic acids is 1. The third-order valence-electron chi connectivity index (χ3n) is 6.25. The molecule has 2 amide bonds. The van der Waals surface area contributed by atoms with Gasteiger partial charge in [-0.05, 0) is 47.9 Å². The highest BCUT2D eigenvalue weighted by molar-refractivity contribution is 5.79. The van der Waals surface area contributed by atoms with Gasteiger partial charge in [0.2, 0.25) is 5.91 Å². The number of benzene rings is 2. The quantitative estimate of drug-likeness (QED) is 0.371. The number of hydrogen-bond donors (Lipinski definition) is 3. The van der Waals surface area contributed by atoms with Gasteiger partial charge in [-0.1, -0.05) is 61.9 Å². The summed E-state index contributed by atoms with van der Waals surface area (Å²) in [6, 6.07) is 16.5. The van der Waals surface area contributed by atoms with Crippen molar-refractivity contribution in [2.24, 2.45) is 5.92 Å². The molecule has 0 bridgehead atoms. The first kappa shape index (κ1) is 25.3. The number of unbranched alkanes of at least 4 members (excludes halogenated alkanes) is 2. The summed E-state index contributed by atoms with van der Waals surface area (Å²) in [6.45, 7) is 2.97. The van der Waals surface area contributed by atoms with E-state index in [1.54, 1.807) is 6.92 Å². The third kappa shape index (κ3) is 7.07. The molecule has 0 saturated carbocycles. The van der Waals surface area contributed by atoms with Gasteiger partial charge in [0.05, 0.1) is 5.92 Å². The van der Waals surface area contributed by atoms with Crippen LogP contribution in [0.15, 0.2) is 48.5 Å². The van der Waals surface area contributed by atoms with Crippen LogP contribution in [0.2, 0.25) is 0 Å². The number of hydrogen-bond acceptors (Lipinski definition) is 4. The van der Waals surface area contributed by atoms with Crippen molar-refractivity contribution in [1.82, 2.24) is 10.6 Å². The van der Waals surface area contributed by atoms with Crippen molar-refractivity contribution in [2.75, 3.05) is 19.7 Å². The Balaban J connectivity index is 1.26. The van der Waals surface area contributed by atoms with Gasteiger partial charge in [-0.3, -0.25) is 9.59 Å². The highest BCUT2D eigenvalue weighted by Gasteiger charge is 2.28. The van der Waals surface area contributed by atoms with E-state index in [1.807, 2.05) is 24.3 Å². The Labute approximate surface area is 200 Å². The number of fused-ring (bicyclic) bond motifs is 3. The van der Waals surface area contributed by atoms with Crippen molar-refractivity contribution < 1.29 is 24.2 Å². The average molecular weight is 467 g/mol. The lowest BCUT2D eigenvalue weighted by molar-refractivity contribution is -0.141. The summed E-state index contributed by atoms with van der Waals surface area (Å²) in [5, 5.41) is 14.5. The van der Waals surface area contributed by atoms with Crippen LogP contribution in [0, 0.1) is 5.92 Å². The van der Waals surface area contributed by atoms with E-state index in [1.165, 1.54) is 22.3 Å². The van der Waals surface area contributed by atoms with E-state index in [9.17, 15) is 14.4 Å². The molecule has 0 radical (unpaired) electrons. The van der Waals surface area contributed by atoms with Crippen molar-refractivity contribution in [3.63, 3.8) is 0 Å². The number of amides is 2. The molecule has 0 aromatic heterocycles. The zero-order chi connectivity index (χ0) is 24.3. The Morgan fingerprint density at radius 2 is 1.50 bits per heavy atom. The molecule has 7 nitrogen and oxygen atoms in total. The molecule has 7 heteroatoms. The summed E-state index contributed by atoms with van der Waals surface area (Å²) >= 11 is 0. The molecule has 1 unspecified atom stereocenters. The first-order valence-electron chi connectivity index (χ1n) is 12.1. The molecule has 2 aromatic rings. The van der Waals surface area contributed by atoms with Crippen LogP contribution in [0.1, 0.15) is 62.5 Å². The minimum absolute atomic E-state index is 0.0209. The van der Waals surface area contributed by atoms with Crippen molar-refractivity contribution >= 4 is 18.0 Å². The van der Waals surface area contributed by atoms with Crippen molar-refractivity contribution in [3.05, 3.63) is 59.7 Å². The van der Waals surface area contributed by atoms with Crippen molar-refractivity contribution in [3.8, 4) is 11.1 Å². The van der Waals surface area contributed by atoms with E-state index in [4.69, 9.17) is 9.84 Å². The second-order valence-electron chi connectivity index (χ2n) is 8.79. The molecule has 0 saturated heterocycles. The zero-order valence-electron chi connectivity index (χ0n) is 19.7. The highest BCUT2D eigenvalue weighted by Crippen LogP contribution is 2.44. The molecule has 3 N–H and O–H groups in total. The largest absolute Gasteiger partial charge is 0.481 e. The molecule has 182 valence electrons. The number of nitrogens with one attached hydrogen (secondary N) is 2. The molecule has 2 aromatic carbocycles. The Kier molecular flexibility index (Phi) is 9.50. The fourth-order valence-electron chi connectivity index (χ4n) is 4.28. The third-order valence-corrected chi connectivity index (χ3v) is 6.25. The predicted molar refractivity (Wildman–Crippen MR) is 131 cm³/mol. The number of carbonyl (C=O) groups is 3. The SMILES string of the molecule is CC(CCCNC(=O)CCCCCNC(=O)OCC1c2ccccc2-c2ccccc21)C(=O)O. The van der Waals surface area contributed by atoms with Crippen molar-refractivity contribution in [1.29, 1.82) is 0 Å². The molecule has 1 aliphatic carbocycles. The lowest BCUT2D eigenvalue weighted by atomic mass is 9.98. The van der Waals surface area contributed by atoms with Crippen LogP contribution >= 0.6 is 0 Å². The predicted octanol–water partition coefficient (Wildman–Crippen LogP) is 4.70. The Bertz CT molecular complexity index is 945. The molecule has 0 aliphatic heterocycles. The topological polar surface area (TPSA) is 105 Å². The number of ether oxygens (including phenoxy) is 1. The average Bonchev–Trinajstić information content (AvgIpc) is 3.16. The van der Waals surface area contributed by atoms with Gasteiger partial charge in [0.15, 0.2) is 0 Å². The van der Waals surface area contributed by atoms with Gasteiger partial charge in [-0.2, -0.15) is 0 Å². The van der Waals surface area contributed by atoms with E-state index in [-0.39, 0.29) is 17.7 Å². The van der Waals surface area contributed by atoms with Gasteiger partial charge in [0.25, 0.3) is 0 Å². The second-order valence-corrected chi connectivity index (χ2v) is 8.79. The minimum atomic E-state index is -0.807. The van der Waals surface area contributed by atoms with E-state index in [0.29, 0.717) is 39.0 Å². The summed E-state index contributed by atoms with van der Waals surface area (Å²) in [6.07, 6.45) is 3.56. The normalized spacial score (nSPS) is 13.0. The number of aliphatic carboxylic acids is 1. The Morgan fingerprint density at radius 1 is 0.882 bits per heavy atom. The second kappa shape index (κ2) is 12.8. The van der Waals surface area contributed by atoms with Crippen LogP contribution < -0.4 is 10.6 Å². The molecule has 0 heterocycles. The van der Waals surface area contributed by atoms with Gasteiger partial charge in [0.1, 0.15) is 6.61 Å². The summed E-state index contributed by atoms with van der Waals surface area (Å²) in [4.78, 5) is 34.8. The standard InChI is InChI=1S/C27H34N2O5/c1-19(26(31)32)10-9-17-28-25(30)15-3-2-8-16-29-27(33)34-18-24-22-13-6-4-11-20(22)21-12-5-7-14-23(21)24/h4-7,11-14,19,24H,2-3,8-10,15-18H2,1H3,(H,28,30)(H,29,33)(H,31,32). The van der Waals surface area contributed by atoms with E-state index in [2.05, 4.69) is 34.9 Å². The minimum Gasteiger partial charge on any atom is -0.481 e. The summed E-state index contributed by atoms with van der Waals surface area (Å²) < 4.78 is 5.52. The molecular formula is C27H34N2O5. The smallest absolute Gasteiger partial charge is 0.407 e. The van der Waals surface area contributed by atoms with Crippen LogP contribution in [0.5, 0.6) is 0 Å². The molecule has 3 rings (SSSR count). The van der Waals surface area contributed by atoms with Gasteiger partial charge >= 0.3 is 12.1 Å². The van der Waals surface area contributed by atoms with Crippen LogP contribution in [0.4, 0.5) is 4.79 Å². The number of carboxylic acid groups (broad SMARTS) is 1. The van der Waals surface area contributed by atoms with Crippen LogP contribution in [-0.2, 0) is 14.3 Å². The van der Waals surface area contributed by atoms with Gasteiger partial charge in [-0.15, -0.1) is 0 Å². The number of alkyl carbamates (subject to hydrolysis) is 1. The fourth-order valence-corrected chi connectivity index (χ4v) is 4.28. The van der Waals surface area contributed by atoms with E-state index < -0.39 is 12.1 Å². The lowest BCUT2D eigenvalue weighted by Gasteiger charge is -2.14. The van der Waals surface area contributed by atoms with Gasteiger partial charge < -0.3 is 20.5 Å². The zero-order valence-corrected chi connectivity index (χ0v) is 19.7. The molecule has 34 heavy (non-hydrogen) atoms. The lowest BCUT2D eigenvalue weighted by Crippen LogP contribution is -2.27. The molecule has 1 aliphatic rings. The first-order chi connectivity index (χ1) is 16.5. The summed E-state index contributed by atoms with van der Waals surface area (Å²) in [5.74, 6) is -1.17. The highest BCUT2D eigenvalue weighted by atomic mass is 16.5. The number of carbonyl (C=O) groups excluding carboxylic acids is 2. The van der Waals surface area contributed by atoms with Gasteiger partial charge in [-0.25, -0.2) is 4.79 Å². The van der Waals surface area contributed by atoms with E-state index >= 15 is 0 Å². The maximum atomic E-state index is 12.2. The molecular weight excluding hydrogens is 432 g/mol. The Hall–Kier alpha value is -3.35. The number of rotatable bonds is 13. The van der Waals surface area contributed by atoms with Gasteiger partial charge in [0, 0.05) is 25.4 Å². The Morgan fingerprint density at radius 3 is 2.15 bits per heavy atom. The monoisotopic (exact) mass is 466 g/mol. The van der Waals surface area contributed by atoms with Crippen LogP contribution in [0.25, 0.3) is 11.1 Å². The summed E-state index contributed by atoms with van der Waals surface area (Å²) in [5.41, 5.74) is 4.77. The molecule has 1 atom stereocenters. The molecule has 0 fully saturated rings. The van der Waals surface area contributed by atoms with E-state index in [0.717, 1.165) is 19.3 Å². The maximum absolute atomic E-state index is 12.2. The first-order valence-corrected chi connectivity index (χ1v) is 12.1. The van der Waals surface area contributed by atoms with Crippen LogP contribution in [-0.4, -0.2) is 42.8 Å². The van der Waals surface area contributed by atoms with Crippen LogP contribution in [0.3, 0.4) is 0 Å². The maximum Gasteiger partial charge on any atom is 0.407 e. The fraction of sp³-hybridized carbons (Fsp3) is 0.444. The van der Waals surface area contributed by atoms with Crippen molar-refractivity contribution in [2.45, 2.75) is 51.4 Å². The summed E-state index contributed by atoms with van der Waals surface area (Å²) in [7, 11) is 0. The molecule has 0 spiro atoms.